The van der Waals surface area contributed by atoms with Crippen molar-refractivity contribution in [3.05, 3.63) is 58.1 Å². The fourth-order valence-corrected chi connectivity index (χ4v) is 2.14. The number of halogens is 1. The number of anilines is 1. The van der Waals surface area contributed by atoms with Crippen LogP contribution in [0.15, 0.2) is 36.4 Å². The molecule has 116 valence electrons. The first-order valence-electron chi connectivity index (χ1n) is 6.89. The van der Waals surface area contributed by atoms with E-state index in [0.717, 1.165) is 16.7 Å². The molecule has 0 aromatic heterocycles. The Morgan fingerprint density at radius 3 is 2.77 bits per heavy atom. The molecule has 2 rings (SSSR count). The molecule has 0 spiro atoms. The van der Waals surface area contributed by atoms with Gasteiger partial charge in [0.1, 0.15) is 5.75 Å². The quantitative estimate of drug-likeness (QED) is 0.887. The van der Waals surface area contributed by atoms with Gasteiger partial charge in [0.15, 0.2) is 6.61 Å². The molecule has 0 fully saturated rings. The van der Waals surface area contributed by atoms with Gasteiger partial charge in [-0.15, -0.1) is 0 Å². The van der Waals surface area contributed by atoms with Crippen molar-refractivity contribution in [2.24, 2.45) is 0 Å². The number of amides is 1. The minimum Gasteiger partial charge on any atom is -0.483 e. The summed E-state index contributed by atoms with van der Waals surface area (Å²) < 4.78 is 5.50. The van der Waals surface area contributed by atoms with E-state index in [1.165, 1.54) is 0 Å². The largest absolute Gasteiger partial charge is 0.483 e. The lowest BCUT2D eigenvalue weighted by Gasteiger charge is -2.12. The highest BCUT2D eigenvalue weighted by Gasteiger charge is 2.09. The molecule has 0 aliphatic carbocycles. The fourth-order valence-electron chi connectivity index (χ4n) is 1.98. The van der Waals surface area contributed by atoms with E-state index in [9.17, 15) is 4.79 Å². The second-order valence-corrected chi connectivity index (χ2v) is 5.41. The summed E-state index contributed by atoms with van der Waals surface area (Å²) in [6, 6.07) is 10.7. The Hall–Kier alpha value is -2.04. The molecular formula is C17H18ClNO3. The van der Waals surface area contributed by atoms with Gasteiger partial charge >= 0.3 is 0 Å². The van der Waals surface area contributed by atoms with Crippen molar-refractivity contribution in [3.8, 4) is 5.75 Å². The Kier molecular flexibility index (Phi) is 5.41. The summed E-state index contributed by atoms with van der Waals surface area (Å²) in [5, 5.41) is 12.5. The summed E-state index contributed by atoms with van der Waals surface area (Å²) in [7, 11) is 0. The Bertz CT molecular complexity index is 686. The number of hydrogen-bond acceptors (Lipinski definition) is 3. The van der Waals surface area contributed by atoms with Crippen molar-refractivity contribution in [2.75, 3.05) is 11.9 Å². The third-order valence-corrected chi connectivity index (χ3v) is 3.74. The highest BCUT2D eigenvalue weighted by Crippen LogP contribution is 2.25. The van der Waals surface area contributed by atoms with Crippen LogP contribution in [0.5, 0.6) is 5.75 Å². The Labute approximate surface area is 134 Å². The zero-order chi connectivity index (χ0) is 16.1. The third kappa shape index (κ3) is 4.00. The molecule has 0 bridgehead atoms. The third-order valence-electron chi connectivity index (χ3n) is 3.34. The van der Waals surface area contributed by atoms with E-state index in [0.29, 0.717) is 16.5 Å². The van der Waals surface area contributed by atoms with E-state index in [1.54, 1.807) is 24.3 Å². The Morgan fingerprint density at radius 1 is 1.27 bits per heavy atom. The second kappa shape index (κ2) is 7.29. The summed E-state index contributed by atoms with van der Waals surface area (Å²) in [4.78, 5) is 12.0. The highest BCUT2D eigenvalue weighted by molar-refractivity contribution is 6.31. The highest BCUT2D eigenvalue weighted by atomic mass is 35.5. The molecule has 1 amide bonds. The fraction of sp³-hybridized carbons (Fsp3) is 0.235. The average Bonchev–Trinajstić information content (AvgIpc) is 2.51. The summed E-state index contributed by atoms with van der Waals surface area (Å²) in [5.41, 5.74) is 3.13. The van der Waals surface area contributed by atoms with Crippen LogP contribution < -0.4 is 10.1 Å². The molecule has 5 heteroatoms. The number of aliphatic hydroxyl groups is 1. The number of ether oxygens (including phenoxy) is 1. The molecule has 4 nitrogen and oxygen atoms in total. The van der Waals surface area contributed by atoms with E-state index in [2.05, 4.69) is 5.32 Å². The lowest BCUT2D eigenvalue weighted by atomic mass is 10.1. The van der Waals surface area contributed by atoms with E-state index in [-0.39, 0.29) is 19.1 Å². The number of aliphatic hydroxyl groups excluding tert-OH is 1. The van der Waals surface area contributed by atoms with E-state index >= 15 is 0 Å². The van der Waals surface area contributed by atoms with Crippen LogP contribution in [0.1, 0.15) is 16.7 Å². The van der Waals surface area contributed by atoms with E-state index in [4.69, 9.17) is 21.4 Å². The lowest BCUT2D eigenvalue weighted by Crippen LogP contribution is -2.21. The Morgan fingerprint density at radius 2 is 2.05 bits per heavy atom. The smallest absolute Gasteiger partial charge is 0.262 e. The summed E-state index contributed by atoms with van der Waals surface area (Å²) in [6.07, 6.45) is 0. The summed E-state index contributed by atoms with van der Waals surface area (Å²) in [5.74, 6) is 0.320. The lowest BCUT2D eigenvalue weighted by molar-refractivity contribution is -0.118. The number of aryl methyl sites for hydroxylation is 1. The monoisotopic (exact) mass is 319 g/mol. The number of carbonyl (C=O) groups is 1. The average molecular weight is 320 g/mol. The molecular weight excluding hydrogens is 302 g/mol. The molecule has 0 unspecified atom stereocenters. The zero-order valence-electron chi connectivity index (χ0n) is 12.5. The predicted molar refractivity (Wildman–Crippen MR) is 87.4 cm³/mol. The maximum absolute atomic E-state index is 12.0. The maximum atomic E-state index is 12.0. The van der Waals surface area contributed by atoms with Gasteiger partial charge in [-0.05, 0) is 43.2 Å². The number of rotatable bonds is 5. The normalized spacial score (nSPS) is 10.4. The molecule has 2 N–H and O–H groups in total. The molecule has 0 aliphatic rings. The second-order valence-electron chi connectivity index (χ2n) is 5.01. The minimum absolute atomic E-state index is 0.0681. The number of hydrogen-bond donors (Lipinski definition) is 2. The van der Waals surface area contributed by atoms with Crippen molar-refractivity contribution in [1.29, 1.82) is 0 Å². The van der Waals surface area contributed by atoms with E-state index < -0.39 is 0 Å². The van der Waals surface area contributed by atoms with Gasteiger partial charge in [0.25, 0.3) is 5.91 Å². The van der Waals surface area contributed by atoms with Crippen molar-refractivity contribution in [2.45, 2.75) is 20.5 Å². The topological polar surface area (TPSA) is 58.6 Å². The van der Waals surface area contributed by atoms with Gasteiger partial charge in [-0.25, -0.2) is 0 Å². The van der Waals surface area contributed by atoms with Crippen molar-refractivity contribution in [3.63, 3.8) is 0 Å². The van der Waals surface area contributed by atoms with Crippen LogP contribution in [0.4, 0.5) is 5.69 Å². The molecule has 0 radical (unpaired) electrons. The first kappa shape index (κ1) is 16.3. The molecule has 0 saturated heterocycles. The maximum Gasteiger partial charge on any atom is 0.262 e. The van der Waals surface area contributed by atoms with Gasteiger partial charge in [-0.3, -0.25) is 4.79 Å². The molecule has 0 aliphatic heterocycles. The molecule has 2 aromatic carbocycles. The van der Waals surface area contributed by atoms with Crippen LogP contribution in [0.3, 0.4) is 0 Å². The standard InChI is InChI=1S/C17H18ClNO3/c1-11-6-7-13(9-20)8-15(11)19-17(21)10-22-16-5-3-4-14(18)12(16)2/h3-8,20H,9-10H2,1-2H3,(H,19,21). The Balaban J connectivity index is 2.00. The van der Waals surface area contributed by atoms with Crippen LogP contribution in [0, 0.1) is 13.8 Å². The molecule has 2 aromatic rings. The molecule has 0 heterocycles. The van der Waals surface area contributed by atoms with Gasteiger partial charge in [-0.2, -0.15) is 0 Å². The first-order chi connectivity index (χ1) is 10.5. The first-order valence-corrected chi connectivity index (χ1v) is 7.27. The number of nitrogens with one attached hydrogen (secondary N) is 1. The minimum atomic E-state index is -0.266. The van der Waals surface area contributed by atoms with Gasteiger partial charge < -0.3 is 15.2 Å². The molecule has 22 heavy (non-hydrogen) atoms. The van der Waals surface area contributed by atoms with Crippen LogP contribution in [-0.4, -0.2) is 17.6 Å². The van der Waals surface area contributed by atoms with Crippen molar-refractivity contribution in [1.82, 2.24) is 0 Å². The van der Waals surface area contributed by atoms with Crippen LogP contribution in [-0.2, 0) is 11.4 Å². The SMILES string of the molecule is Cc1ccc(CO)cc1NC(=O)COc1cccc(Cl)c1C. The number of carbonyl (C=O) groups excluding carboxylic acids is 1. The van der Waals surface area contributed by atoms with Crippen LogP contribution >= 0.6 is 11.6 Å². The molecule has 0 atom stereocenters. The number of benzene rings is 2. The van der Waals surface area contributed by atoms with Crippen LogP contribution in [0.25, 0.3) is 0 Å². The summed E-state index contributed by atoms with van der Waals surface area (Å²) in [6.45, 7) is 3.55. The van der Waals surface area contributed by atoms with E-state index in [1.807, 2.05) is 26.0 Å². The summed E-state index contributed by atoms with van der Waals surface area (Å²) >= 11 is 6.01. The molecule has 0 saturated carbocycles. The van der Waals surface area contributed by atoms with Gasteiger partial charge in [0, 0.05) is 16.3 Å². The van der Waals surface area contributed by atoms with Gasteiger partial charge in [-0.1, -0.05) is 29.8 Å². The zero-order valence-corrected chi connectivity index (χ0v) is 13.3. The van der Waals surface area contributed by atoms with Crippen molar-refractivity contribution >= 4 is 23.2 Å². The van der Waals surface area contributed by atoms with Crippen LogP contribution in [0.2, 0.25) is 5.02 Å². The van der Waals surface area contributed by atoms with Gasteiger partial charge in [0.05, 0.1) is 6.61 Å². The van der Waals surface area contributed by atoms with Crippen molar-refractivity contribution < 1.29 is 14.6 Å². The predicted octanol–water partition coefficient (Wildman–Crippen LogP) is 3.47. The van der Waals surface area contributed by atoms with Gasteiger partial charge in [0.2, 0.25) is 0 Å².